The molecule has 90 valence electrons. The molecule has 5 nitrogen and oxygen atoms in total. The second kappa shape index (κ2) is 5.65. The summed E-state index contributed by atoms with van der Waals surface area (Å²) in [6, 6.07) is 1.81. The molecule has 0 aliphatic heterocycles. The Balaban J connectivity index is 2.89. The predicted molar refractivity (Wildman–Crippen MR) is 61.4 cm³/mol. The molecule has 1 aromatic rings. The van der Waals surface area contributed by atoms with E-state index in [0.29, 0.717) is 18.2 Å². The topological polar surface area (TPSA) is 67.2 Å². The number of hydrogen-bond acceptors (Lipinski definition) is 3. The molecular formula is C11H19N3O2. The van der Waals surface area contributed by atoms with Crippen LogP contribution < -0.4 is 5.32 Å². The summed E-state index contributed by atoms with van der Waals surface area (Å²) in [5.74, 6) is 0.118. The van der Waals surface area contributed by atoms with Crippen molar-refractivity contribution in [2.75, 3.05) is 13.2 Å². The van der Waals surface area contributed by atoms with Crippen LogP contribution in [0.3, 0.4) is 0 Å². The smallest absolute Gasteiger partial charge is 0.269 e. The zero-order valence-corrected chi connectivity index (χ0v) is 10.0. The molecule has 0 saturated carbocycles. The van der Waals surface area contributed by atoms with Crippen LogP contribution in [0.4, 0.5) is 0 Å². The third-order valence-corrected chi connectivity index (χ3v) is 2.32. The number of nitrogens with zero attached hydrogens (tertiary/aromatic N) is 2. The van der Waals surface area contributed by atoms with Gasteiger partial charge in [-0.25, -0.2) is 0 Å². The van der Waals surface area contributed by atoms with Crippen LogP contribution in [-0.2, 0) is 6.54 Å². The molecular weight excluding hydrogens is 206 g/mol. The van der Waals surface area contributed by atoms with Gasteiger partial charge in [0.1, 0.15) is 5.69 Å². The van der Waals surface area contributed by atoms with Crippen molar-refractivity contribution in [3.8, 4) is 0 Å². The molecule has 0 spiro atoms. The number of nitrogens with one attached hydrogen (secondary N) is 1. The summed E-state index contributed by atoms with van der Waals surface area (Å²) in [5.41, 5.74) is 1.47. The molecule has 0 unspecified atom stereocenters. The first kappa shape index (κ1) is 12.7. The van der Waals surface area contributed by atoms with Gasteiger partial charge in [-0.1, -0.05) is 13.8 Å². The molecule has 1 heterocycles. The average molecular weight is 225 g/mol. The zero-order valence-electron chi connectivity index (χ0n) is 10.0. The summed E-state index contributed by atoms with van der Waals surface area (Å²) in [7, 11) is 0. The van der Waals surface area contributed by atoms with E-state index >= 15 is 0 Å². The molecule has 0 aromatic carbocycles. The highest BCUT2D eigenvalue weighted by molar-refractivity contribution is 5.92. The van der Waals surface area contributed by atoms with E-state index < -0.39 is 0 Å². The number of hydrogen-bond donors (Lipinski definition) is 2. The first-order valence-corrected chi connectivity index (χ1v) is 5.57. The first-order valence-electron chi connectivity index (χ1n) is 5.57. The molecule has 0 aliphatic carbocycles. The minimum absolute atomic E-state index is 0.0525. The van der Waals surface area contributed by atoms with Crippen LogP contribution in [0.25, 0.3) is 0 Å². The molecule has 0 atom stereocenters. The maximum absolute atomic E-state index is 11.7. The monoisotopic (exact) mass is 225 g/mol. The Bertz CT molecular complexity index is 358. The number of aryl methyl sites for hydroxylation is 1. The van der Waals surface area contributed by atoms with E-state index in [4.69, 9.17) is 5.11 Å². The zero-order chi connectivity index (χ0) is 12.1. The van der Waals surface area contributed by atoms with Crippen LogP contribution in [0.5, 0.6) is 0 Å². The molecule has 0 aliphatic rings. The van der Waals surface area contributed by atoms with Gasteiger partial charge in [0.25, 0.3) is 5.91 Å². The number of carbonyl (C=O) groups is 1. The lowest BCUT2D eigenvalue weighted by atomic mass is 10.1. The fraction of sp³-hybridized carbons (Fsp3) is 0.636. The number of aromatic nitrogens is 2. The van der Waals surface area contributed by atoms with Crippen LogP contribution in [0, 0.1) is 0 Å². The van der Waals surface area contributed by atoms with Crippen molar-refractivity contribution >= 4 is 5.91 Å². The summed E-state index contributed by atoms with van der Waals surface area (Å²) in [4.78, 5) is 11.7. The molecule has 0 bridgehead atoms. The molecule has 0 radical (unpaired) electrons. The Labute approximate surface area is 95.5 Å². The Hall–Kier alpha value is -1.36. The number of aliphatic hydroxyl groups excluding tert-OH is 1. The van der Waals surface area contributed by atoms with Crippen molar-refractivity contribution in [2.24, 2.45) is 0 Å². The summed E-state index contributed by atoms with van der Waals surface area (Å²) in [6.07, 6.45) is 0. The van der Waals surface area contributed by atoms with Crippen LogP contribution in [-0.4, -0.2) is 33.9 Å². The van der Waals surface area contributed by atoms with Crippen LogP contribution in [0.15, 0.2) is 6.07 Å². The van der Waals surface area contributed by atoms with E-state index in [1.165, 1.54) is 0 Å². The average Bonchev–Trinajstić information content (AvgIpc) is 2.69. The van der Waals surface area contributed by atoms with E-state index in [1.807, 2.05) is 20.8 Å². The van der Waals surface area contributed by atoms with Crippen LogP contribution in [0.2, 0.25) is 0 Å². The van der Waals surface area contributed by atoms with Gasteiger partial charge in [-0.3, -0.25) is 9.48 Å². The Kier molecular flexibility index (Phi) is 4.49. The highest BCUT2D eigenvalue weighted by Crippen LogP contribution is 2.14. The highest BCUT2D eigenvalue weighted by Gasteiger charge is 2.15. The van der Waals surface area contributed by atoms with E-state index in [2.05, 4.69) is 10.4 Å². The summed E-state index contributed by atoms with van der Waals surface area (Å²) in [5, 5.41) is 15.6. The SMILES string of the molecule is CCn1nc(C(C)C)cc1C(=O)NCCO. The van der Waals surface area contributed by atoms with Crippen LogP contribution in [0.1, 0.15) is 42.9 Å². The summed E-state index contributed by atoms with van der Waals surface area (Å²) >= 11 is 0. The molecule has 0 fully saturated rings. The van der Waals surface area contributed by atoms with E-state index in [9.17, 15) is 4.79 Å². The van der Waals surface area contributed by atoms with E-state index in [1.54, 1.807) is 10.7 Å². The molecule has 1 aromatic heterocycles. The lowest BCUT2D eigenvalue weighted by molar-refractivity contribution is 0.0934. The summed E-state index contributed by atoms with van der Waals surface area (Å²) in [6.45, 7) is 6.90. The van der Waals surface area contributed by atoms with Gasteiger partial charge < -0.3 is 10.4 Å². The van der Waals surface area contributed by atoms with Gasteiger partial charge in [-0.05, 0) is 18.9 Å². The maximum atomic E-state index is 11.7. The van der Waals surface area contributed by atoms with Gasteiger partial charge in [0.05, 0.1) is 12.3 Å². The van der Waals surface area contributed by atoms with E-state index in [-0.39, 0.29) is 19.1 Å². The molecule has 16 heavy (non-hydrogen) atoms. The Morgan fingerprint density at radius 1 is 1.62 bits per heavy atom. The molecule has 2 N–H and O–H groups in total. The van der Waals surface area contributed by atoms with Gasteiger partial charge in [0.15, 0.2) is 0 Å². The van der Waals surface area contributed by atoms with Gasteiger partial charge in [0.2, 0.25) is 0 Å². The Morgan fingerprint density at radius 3 is 2.81 bits per heavy atom. The number of rotatable bonds is 5. The van der Waals surface area contributed by atoms with Crippen molar-refractivity contribution in [2.45, 2.75) is 33.2 Å². The van der Waals surface area contributed by atoms with Crippen molar-refractivity contribution in [3.05, 3.63) is 17.5 Å². The van der Waals surface area contributed by atoms with Crippen molar-refractivity contribution < 1.29 is 9.90 Å². The lowest BCUT2D eigenvalue weighted by Crippen LogP contribution is -2.28. The van der Waals surface area contributed by atoms with Gasteiger partial charge >= 0.3 is 0 Å². The number of carbonyl (C=O) groups excluding carboxylic acids is 1. The minimum Gasteiger partial charge on any atom is -0.395 e. The predicted octanol–water partition coefficient (Wildman–Crippen LogP) is 0.748. The van der Waals surface area contributed by atoms with E-state index in [0.717, 1.165) is 5.69 Å². The van der Waals surface area contributed by atoms with Crippen molar-refractivity contribution in [1.82, 2.24) is 15.1 Å². The summed E-state index contributed by atoms with van der Waals surface area (Å²) < 4.78 is 1.68. The standard InChI is InChI=1S/C11H19N3O2/c1-4-14-10(11(16)12-5-6-15)7-9(13-14)8(2)3/h7-8,15H,4-6H2,1-3H3,(H,12,16). The second-order valence-corrected chi connectivity index (χ2v) is 3.90. The fourth-order valence-corrected chi connectivity index (χ4v) is 1.40. The fourth-order valence-electron chi connectivity index (χ4n) is 1.40. The van der Waals surface area contributed by atoms with Gasteiger partial charge in [0, 0.05) is 13.1 Å². The normalized spacial score (nSPS) is 10.8. The lowest BCUT2D eigenvalue weighted by Gasteiger charge is -2.04. The molecule has 0 saturated heterocycles. The number of amides is 1. The molecule has 1 amide bonds. The third-order valence-electron chi connectivity index (χ3n) is 2.32. The van der Waals surface area contributed by atoms with Crippen molar-refractivity contribution in [1.29, 1.82) is 0 Å². The quantitative estimate of drug-likeness (QED) is 0.777. The third kappa shape index (κ3) is 2.82. The highest BCUT2D eigenvalue weighted by atomic mass is 16.3. The second-order valence-electron chi connectivity index (χ2n) is 3.90. The Morgan fingerprint density at radius 2 is 2.31 bits per heavy atom. The van der Waals surface area contributed by atoms with Gasteiger partial charge in [-0.2, -0.15) is 5.10 Å². The molecule has 5 heteroatoms. The number of aliphatic hydroxyl groups is 1. The van der Waals surface area contributed by atoms with Crippen molar-refractivity contribution in [3.63, 3.8) is 0 Å². The first-order chi connectivity index (χ1) is 7.60. The largest absolute Gasteiger partial charge is 0.395 e. The molecule has 1 rings (SSSR count). The van der Waals surface area contributed by atoms with Crippen LogP contribution >= 0.6 is 0 Å². The van der Waals surface area contributed by atoms with Gasteiger partial charge in [-0.15, -0.1) is 0 Å². The minimum atomic E-state index is -0.185. The maximum Gasteiger partial charge on any atom is 0.269 e.